The number of rotatable bonds is 6. The van der Waals surface area contributed by atoms with Gasteiger partial charge in [-0.2, -0.15) is 0 Å². The first-order chi connectivity index (χ1) is 9.35. The van der Waals surface area contributed by atoms with E-state index in [-0.39, 0.29) is 6.04 Å². The van der Waals surface area contributed by atoms with E-state index in [2.05, 4.69) is 28.9 Å². The number of hydrogen-bond donors (Lipinski definition) is 1. The van der Waals surface area contributed by atoms with Crippen LogP contribution in [0.2, 0.25) is 0 Å². The van der Waals surface area contributed by atoms with Gasteiger partial charge in [-0.15, -0.1) is 0 Å². The Morgan fingerprint density at radius 3 is 2.95 bits per heavy atom. The maximum atomic E-state index is 5.98. The van der Waals surface area contributed by atoms with Crippen LogP contribution in [0.5, 0.6) is 0 Å². The average molecular weight is 263 g/mol. The highest BCUT2D eigenvalue weighted by atomic mass is 16.5. The molecule has 0 radical (unpaired) electrons. The summed E-state index contributed by atoms with van der Waals surface area (Å²) < 4.78 is 5.90. The van der Waals surface area contributed by atoms with Crippen LogP contribution in [-0.4, -0.2) is 42.2 Å². The first-order valence-corrected chi connectivity index (χ1v) is 7.30. The highest BCUT2D eigenvalue weighted by Crippen LogP contribution is 2.24. The first-order valence-electron chi connectivity index (χ1n) is 7.30. The lowest BCUT2D eigenvalue weighted by Gasteiger charge is -2.37. The summed E-state index contributed by atoms with van der Waals surface area (Å²) in [4.78, 5) is 6.54. The van der Waals surface area contributed by atoms with E-state index in [9.17, 15) is 0 Å². The molecule has 2 N–H and O–H groups in total. The molecule has 2 rings (SSSR count). The Kier molecular flexibility index (Phi) is 5.76. The summed E-state index contributed by atoms with van der Waals surface area (Å²) in [6, 6.07) is 4.42. The van der Waals surface area contributed by atoms with E-state index >= 15 is 0 Å². The van der Waals surface area contributed by atoms with E-state index in [1.165, 1.54) is 18.4 Å². The predicted octanol–water partition coefficient (Wildman–Crippen LogP) is 1.97. The second-order valence-corrected chi connectivity index (χ2v) is 5.16. The zero-order valence-corrected chi connectivity index (χ0v) is 11.8. The maximum absolute atomic E-state index is 5.98. The molecule has 2 atom stereocenters. The molecule has 0 spiro atoms. The largest absolute Gasteiger partial charge is 0.377 e. The Labute approximate surface area is 116 Å². The van der Waals surface area contributed by atoms with E-state index in [0.717, 1.165) is 26.1 Å². The van der Waals surface area contributed by atoms with Crippen molar-refractivity contribution < 1.29 is 4.74 Å². The molecule has 1 aliphatic heterocycles. The second kappa shape index (κ2) is 7.58. The SMILES string of the molecule is CCCOC1CCCN(C(CN)c2ccncc2)C1. The average Bonchev–Trinajstić information content (AvgIpc) is 2.47. The molecular formula is C15H25N3O. The van der Waals surface area contributed by atoms with Gasteiger partial charge in [-0.1, -0.05) is 6.92 Å². The van der Waals surface area contributed by atoms with E-state index in [0.29, 0.717) is 12.6 Å². The number of nitrogens with two attached hydrogens (primary N) is 1. The van der Waals surface area contributed by atoms with Crippen LogP contribution in [-0.2, 0) is 4.74 Å². The van der Waals surface area contributed by atoms with E-state index in [1.807, 2.05) is 12.4 Å². The van der Waals surface area contributed by atoms with E-state index in [4.69, 9.17) is 10.5 Å². The minimum absolute atomic E-state index is 0.288. The summed E-state index contributed by atoms with van der Waals surface area (Å²) in [6.07, 6.45) is 7.49. The van der Waals surface area contributed by atoms with Crippen LogP contribution in [0.1, 0.15) is 37.8 Å². The molecule has 0 aromatic carbocycles. The molecule has 0 aliphatic carbocycles. The van der Waals surface area contributed by atoms with Crippen molar-refractivity contribution >= 4 is 0 Å². The van der Waals surface area contributed by atoms with Crippen molar-refractivity contribution in [1.29, 1.82) is 0 Å². The Morgan fingerprint density at radius 2 is 2.26 bits per heavy atom. The van der Waals surface area contributed by atoms with Crippen molar-refractivity contribution in [1.82, 2.24) is 9.88 Å². The number of piperidine rings is 1. The van der Waals surface area contributed by atoms with E-state index < -0.39 is 0 Å². The third kappa shape index (κ3) is 4.00. The Hall–Kier alpha value is -0.970. The summed E-state index contributed by atoms with van der Waals surface area (Å²) >= 11 is 0. The van der Waals surface area contributed by atoms with Crippen LogP contribution in [0.4, 0.5) is 0 Å². The molecule has 1 aromatic heterocycles. The van der Waals surface area contributed by atoms with Crippen molar-refractivity contribution in [2.24, 2.45) is 5.73 Å². The normalized spacial score (nSPS) is 22.3. The fourth-order valence-electron chi connectivity index (χ4n) is 2.75. The van der Waals surface area contributed by atoms with Crippen LogP contribution >= 0.6 is 0 Å². The van der Waals surface area contributed by atoms with Gasteiger partial charge in [-0.3, -0.25) is 9.88 Å². The molecule has 1 fully saturated rings. The molecular weight excluding hydrogens is 238 g/mol. The van der Waals surface area contributed by atoms with Crippen molar-refractivity contribution in [2.45, 2.75) is 38.3 Å². The van der Waals surface area contributed by atoms with Gasteiger partial charge in [-0.05, 0) is 43.5 Å². The fourth-order valence-corrected chi connectivity index (χ4v) is 2.75. The molecule has 4 nitrogen and oxygen atoms in total. The first kappa shape index (κ1) is 14.4. The highest BCUT2D eigenvalue weighted by Gasteiger charge is 2.26. The lowest BCUT2D eigenvalue weighted by Crippen LogP contribution is -2.44. The summed E-state index contributed by atoms with van der Waals surface area (Å²) in [7, 11) is 0. The lowest BCUT2D eigenvalue weighted by atomic mass is 10.0. The zero-order valence-electron chi connectivity index (χ0n) is 11.8. The molecule has 1 aliphatic rings. The van der Waals surface area contributed by atoms with Gasteiger partial charge in [0.05, 0.1) is 6.10 Å². The van der Waals surface area contributed by atoms with Crippen molar-refractivity contribution in [3.05, 3.63) is 30.1 Å². The fraction of sp³-hybridized carbons (Fsp3) is 0.667. The molecule has 0 bridgehead atoms. The number of likely N-dealkylation sites (tertiary alicyclic amines) is 1. The zero-order chi connectivity index (χ0) is 13.5. The minimum Gasteiger partial charge on any atom is -0.377 e. The number of ether oxygens (including phenoxy) is 1. The summed E-state index contributed by atoms with van der Waals surface area (Å²) in [5.41, 5.74) is 7.24. The number of aromatic nitrogens is 1. The van der Waals surface area contributed by atoms with Crippen LogP contribution in [0.25, 0.3) is 0 Å². The van der Waals surface area contributed by atoms with Crippen LogP contribution in [0, 0.1) is 0 Å². The molecule has 4 heteroatoms. The molecule has 2 heterocycles. The highest BCUT2D eigenvalue weighted by molar-refractivity contribution is 5.16. The lowest BCUT2D eigenvalue weighted by molar-refractivity contribution is -0.0118. The Bertz CT molecular complexity index is 358. The summed E-state index contributed by atoms with van der Waals surface area (Å²) in [5.74, 6) is 0. The van der Waals surface area contributed by atoms with Crippen LogP contribution in [0.15, 0.2) is 24.5 Å². The van der Waals surface area contributed by atoms with Gasteiger partial charge in [0, 0.05) is 38.1 Å². The van der Waals surface area contributed by atoms with Crippen molar-refractivity contribution in [3.8, 4) is 0 Å². The van der Waals surface area contributed by atoms with Gasteiger partial charge < -0.3 is 10.5 Å². The maximum Gasteiger partial charge on any atom is 0.0702 e. The third-order valence-corrected chi connectivity index (χ3v) is 3.72. The molecule has 19 heavy (non-hydrogen) atoms. The van der Waals surface area contributed by atoms with E-state index in [1.54, 1.807) is 0 Å². The quantitative estimate of drug-likeness (QED) is 0.852. The number of nitrogens with zero attached hydrogens (tertiary/aromatic N) is 2. The number of pyridine rings is 1. The number of hydrogen-bond acceptors (Lipinski definition) is 4. The monoisotopic (exact) mass is 263 g/mol. The van der Waals surface area contributed by atoms with Crippen LogP contribution in [0.3, 0.4) is 0 Å². The predicted molar refractivity (Wildman–Crippen MR) is 76.9 cm³/mol. The molecule has 1 aromatic rings. The van der Waals surface area contributed by atoms with Crippen molar-refractivity contribution in [2.75, 3.05) is 26.2 Å². The Morgan fingerprint density at radius 1 is 1.47 bits per heavy atom. The molecule has 2 unspecified atom stereocenters. The van der Waals surface area contributed by atoms with Crippen LogP contribution < -0.4 is 5.73 Å². The second-order valence-electron chi connectivity index (χ2n) is 5.16. The molecule has 0 amide bonds. The smallest absolute Gasteiger partial charge is 0.0702 e. The third-order valence-electron chi connectivity index (χ3n) is 3.72. The minimum atomic E-state index is 0.288. The standard InChI is InChI=1S/C15H25N3O/c1-2-10-19-14-4-3-9-18(12-14)15(11-16)13-5-7-17-8-6-13/h5-8,14-15H,2-4,9-12,16H2,1H3. The van der Waals surface area contributed by atoms with Gasteiger partial charge in [-0.25, -0.2) is 0 Å². The van der Waals surface area contributed by atoms with Gasteiger partial charge in [0.1, 0.15) is 0 Å². The molecule has 106 valence electrons. The molecule has 1 saturated heterocycles. The van der Waals surface area contributed by atoms with Crippen molar-refractivity contribution in [3.63, 3.8) is 0 Å². The Balaban J connectivity index is 1.98. The topological polar surface area (TPSA) is 51.4 Å². The van der Waals surface area contributed by atoms with Gasteiger partial charge in [0.25, 0.3) is 0 Å². The van der Waals surface area contributed by atoms with Gasteiger partial charge in [0.2, 0.25) is 0 Å². The summed E-state index contributed by atoms with van der Waals surface area (Å²) in [5, 5.41) is 0. The van der Waals surface area contributed by atoms with Gasteiger partial charge >= 0.3 is 0 Å². The summed E-state index contributed by atoms with van der Waals surface area (Å²) in [6.45, 7) is 5.76. The molecule has 0 saturated carbocycles. The van der Waals surface area contributed by atoms with Gasteiger partial charge in [0.15, 0.2) is 0 Å².